The lowest BCUT2D eigenvalue weighted by molar-refractivity contribution is -0.0760. The normalized spacial score (nSPS) is 21.0. The average Bonchev–Trinajstić information content (AvgIpc) is 2.81. The third-order valence-corrected chi connectivity index (χ3v) is 4.35. The van der Waals surface area contributed by atoms with Crippen LogP contribution in [0.1, 0.15) is 51.9 Å². The second kappa shape index (κ2) is 8.03. The first kappa shape index (κ1) is 22.7. The van der Waals surface area contributed by atoms with Crippen LogP contribution >= 0.6 is 0 Å². The van der Waals surface area contributed by atoms with Gasteiger partial charge in [-0.1, -0.05) is 0 Å². The zero-order valence-corrected chi connectivity index (χ0v) is 17.4. The summed E-state index contributed by atoms with van der Waals surface area (Å²) in [5, 5.41) is 9.94. The maximum atomic E-state index is 14.3. The van der Waals surface area contributed by atoms with Gasteiger partial charge in [-0.2, -0.15) is 0 Å². The van der Waals surface area contributed by atoms with Crippen LogP contribution in [0.25, 0.3) is 0 Å². The predicted octanol–water partition coefficient (Wildman–Crippen LogP) is 2.27. The number of halogens is 1. The fourth-order valence-corrected chi connectivity index (χ4v) is 3.16. The molecule has 1 aromatic carbocycles. The Labute approximate surface area is 168 Å². The fraction of sp³-hybridized carbons (Fsp3) is 0.579. The monoisotopic (exact) mass is 413 g/mol. The molecule has 2 unspecified atom stereocenters. The number of benzene rings is 1. The van der Waals surface area contributed by atoms with Crippen molar-refractivity contribution >= 4 is 12.0 Å². The van der Waals surface area contributed by atoms with Crippen LogP contribution in [0.2, 0.25) is 0 Å². The molecule has 2 amide bonds. The zero-order chi connectivity index (χ0) is 22.1. The van der Waals surface area contributed by atoms with Crippen molar-refractivity contribution in [2.24, 2.45) is 5.84 Å². The Morgan fingerprint density at radius 2 is 2.00 bits per heavy atom. The van der Waals surface area contributed by atoms with Crippen molar-refractivity contribution in [2.75, 3.05) is 6.61 Å². The summed E-state index contributed by atoms with van der Waals surface area (Å²) in [6.45, 7) is 10.3. The molecular formula is C19H28FN3O6. The summed E-state index contributed by atoms with van der Waals surface area (Å²) < 4.78 is 31.2. The molecule has 0 bridgehead atoms. The van der Waals surface area contributed by atoms with Gasteiger partial charge in [-0.15, -0.1) is 0 Å². The van der Waals surface area contributed by atoms with Gasteiger partial charge in [0.2, 0.25) is 0 Å². The Bertz CT molecular complexity index is 793. The number of hydrogen-bond donors (Lipinski definition) is 3. The molecule has 0 spiro atoms. The number of ether oxygens (including phenoxy) is 3. The van der Waals surface area contributed by atoms with Crippen LogP contribution in [0.4, 0.5) is 9.18 Å². The number of carbonyl (C=O) groups excluding carboxylic acids is 2. The van der Waals surface area contributed by atoms with Crippen molar-refractivity contribution in [1.82, 2.24) is 10.3 Å². The van der Waals surface area contributed by atoms with Crippen molar-refractivity contribution in [3.05, 3.63) is 23.5 Å². The smallest absolute Gasteiger partial charge is 0.413 e. The number of nitrogen functional groups attached to an aromatic ring is 1. The maximum Gasteiger partial charge on any atom is 0.413 e. The van der Waals surface area contributed by atoms with E-state index >= 15 is 0 Å². The molecule has 10 heteroatoms. The van der Waals surface area contributed by atoms with Gasteiger partial charge in [0.05, 0.1) is 17.7 Å². The lowest BCUT2D eigenvalue weighted by atomic mass is 10.1. The third-order valence-electron chi connectivity index (χ3n) is 4.35. The van der Waals surface area contributed by atoms with Crippen molar-refractivity contribution in [3.8, 4) is 11.5 Å². The largest absolute Gasteiger partial charge is 0.507 e. The van der Waals surface area contributed by atoms with Crippen LogP contribution < -0.4 is 16.0 Å². The minimum absolute atomic E-state index is 0.122. The number of rotatable bonds is 4. The number of hydrazine groups is 1. The van der Waals surface area contributed by atoms with Gasteiger partial charge in [-0.25, -0.2) is 15.0 Å². The van der Waals surface area contributed by atoms with E-state index in [1.807, 2.05) is 5.43 Å². The highest BCUT2D eigenvalue weighted by Gasteiger charge is 2.50. The summed E-state index contributed by atoms with van der Waals surface area (Å²) in [6, 6.07) is 1.22. The SMILES string of the molecule is CC1OC(C)(C)N(C(=O)OC(C)(C)C)C1COc1cc(O)c(C(=O)NN)cc1F. The number of nitrogens with two attached hydrogens (primary N) is 1. The summed E-state index contributed by atoms with van der Waals surface area (Å²) in [6.07, 6.45) is -1.00. The molecule has 9 nitrogen and oxygen atoms in total. The molecule has 2 atom stereocenters. The molecule has 1 fully saturated rings. The topological polar surface area (TPSA) is 123 Å². The van der Waals surface area contributed by atoms with Crippen LogP contribution in [0.15, 0.2) is 12.1 Å². The van der Waals surface area contributed by atoms with E-state index in [-0.39, 0.29) is 17.9 Å². The molecule has 1 aliphatic heterocycles. The molecule has 1 aliphatic rings. The quantitative estimate of drug-likeness (QED) is 0.393. The van der Waals surface area contributed by atoms with Crippen LogP contribution in [-0.2, 0) is 9.47 Å². The first-order chi connectivity index (χ1) is 13.3. The minimum atomic E-state index is -0.959. The number of carbonyl (C=O) groups is 2. The molecule has 0 aromatic heterocycles. The highest BCUT2D eigenvalue weighted by atomic mass is 19.1. The second-order valence-electron chi connectivity index (χ2n) is 8.27. The fourth-order valence-electron chi connectivity index (χ4n) is 3.16. The first-order valence-electron chi connectivity index (χ1n) is 9.13. The number of nitrogens with zero attached hydrogens (tertiary/aromatic N) is 1. The Morgan fingerprint density at radius 3 is 2.55 bits per heavy atom. The molecule has 0 saturated carbocycles. The van der Waals surface area contributed by atoms with Crippen LogP contribution in [0.3, 0.4) is 0 Å². The molecule has 0 aliphatic carbocycles. The maximum absolute atomic E-state index is 14.3. The van der Waals surface area contributed by atoms with Gasteiger partial charge in [-0.3, -0.25) is 15.1 Å². The van der Waals surface area contributed by atoms with E-state index in [0.29, 0.717) is 0 Å². The van der Waals surface area contributed by atoms with E-state index in [1.165, 1.54) is 4.90 Å². The number of amides is 2. The van der Waals surface area contributed by atoms with Crippen LogP contribution in [0.5, 0.6) is 11.5 Å². The molecule has 1 saturated heterocycles. The number of phenols is 1. The van der Waals surface area contributed by atoms with Crippen molar-refractivity contribution in [2.45, 2.75) is 65.0 Å². The molecule has 1 heterocycles. The number of phenolic OH excluding ortho intramolecular Hbond substituents is 1. The molecule has 4 N–H and O–H groups in total. The standard InChI is InChI=1S/C19H28FN3O6/c1-10-13(23(19(5,6)28-10)17(26)29-18(2,3)4)9-27-15-8-14(24)11(7-12(15)20)16(25)22-21/h7-8,10,13,24H,9,21H2,1-6H3,(H,22,25). The van der Waals surface area contributed by atoms with E-state index in [0.717, 1.165) is 12.1 Å². The molecular weight excluding hydrogens is 385 g/mol. The summed E-state index contributed by atoms with van der Waals surface area (Å²) in [4.78, 5) is 25.7. The summed E-state index contributed by atoms with van der Waals surface area (Å²) in [5.41, 5.74) is -0.177. The zero-order valence-electron chi connectivity index (χ0n) is 17.4. The highest BCUT2D eigenvalue weighted by Crippen LogP contribution is 2.35. The Kier molecular flexibility index (Phi) is 6.29. The van der Waals surface area contributed by atoms with Gasteiger partial charge < -0.3 is 19.3 Å². The Balaban J connectivity index is 2.22. The van der Waals surface area contributed by atoms with Crippen LogP contribution in [0, 0.1) is 5.82 Å². The minimum Gasteiger partial charge on any atom is -0.507 e. The lowest BCUT2D eigenvalue weighted by Gasteiger charge is -2.35. The first-order valence-corrected chi connectivity index (χ1v) is 9.13. The van der Waals surface area contributed by atoms with Gasteiger partial charge in [0.15, 0.2) is 11.6 Å². The van der Waals surface area contributed by atoms with Gasteiger partial charge in [0.25, 0.3) is 5.91 Å². The van der Waals surface area contributed by atoms with E-state index in [9.17, 15) is 19.1 Å². The van der Waals surface area contributed by atoms with Gasteiger partial charge >= 0.3 is 6.09 Å². The summed E-state index contributed by atoms with van der Waals surface area (Å²) in [5.74, 6) is 2.52. The Morgan fingerprint density at radius 1 is 1.38 bits per heavy atom. The van der Waals surface area contributed by atoms with E-state index < -0.39 is 47.0 Å². The third kappa shape index (κ3) is 5.07. The van der Waals surface area contributed by atoms with Crippen molar-refractivity contribution in [3.63, 3.8) is 0 Å². The lowest BCUT2D eigenvalue weighted by Crippen LogP contribution is -2.52. The summed E-state index contributed by atoms with van der Waals surface area (Å²) in [7, 11) is 0. The van der Waals surface area contributed by atoms with Gasteiger partial charge in [0, 0.05) is 6.07 Å². The van der Waals surface area contributed by atoms with E-state index in [1.54, 1.807) is 41.5 Å². The van der Waals surface area contributed by atoms with Gasteiger partial charge in [-0.05, 0) is 47.6 Å². The molecule has 29 heavy (non-hydrogen) atoms. The number of aromatic hydroxyl groups is 1. The van der Waals surface area contributed by atoms with E-state index in [4.69, 9.17) is 20.1 Å². The van der Waals surface area contributed by atoms with Crippen LogP contribution in [-0.4, -0.2) is 52.1 Å². The Hall–Kier alpha value is -2.59. The second-order valence-corrected chi connectivity index (χ2v) is 8.27. The molecule has 2 rings (SSSR count). The van der Waals surface area contributed by atoms with Crippen molar-refractivity contribution < 1.29 is 33.3 Å². The molecule has 162 valence electrons. The van der Waals surface area contributed by atoms with E-state index in [2.05, 4.69) is 0 Å². The predicted molar refractivity (Wildman–Crippen MR) is 102 cm³/mol. The molecule has 0 radical (unpaired) electrons. The highest BCUT2D eigenvalue weighted by molar-refractivity contribution is 5.96. The summed E-state index contributed by atoms with van der Waals surface area (Å²) >= 11 is 0. The average molecular weight is 413 g/mol. The number of nitrogens with one attached hydrogen (secondary N) is 1. The van der Waals surface area contributed by atoms with Crippen molar-refractivity contribution in [1.29, 1.82) is 0 Å². The molecule has 1 aromatic rings. The van der Waals surface area contributed by atoms with Gasteiger partial charge in [0.1, 0.15) is 23.7 Å². The number of hydrogen-bond acceptors (Lipinski definition) is 7.